The van der Waals surface area contributed by atoms with E-state index in [1.165, 1.54) is 12.1 Å². The lowest BCUT2D eigenvalue weighted by molar-refractivity contribution is 0.0697. The van der Waals surface area contributed by atoms with E-state index >= 15 is 0 Å². The van der Waals surface area contributed by atoms with Crippen LogP contribution in [0.4, 0.5) is 5.82 Å². The lowest BCUT2D eigenvalue weighted by Crippen LogP contribution is -2.05. The fourth-order valence-electron chi connectivity index (χ4n) is 1.29. The van der Waals surface area contributed by atoms with Crippen molar-refractivity contribution in [3.63, 3.8) is 0 Å². The van der Waals surface area contributed by atoms with Crippen LogP contribution < -0.4 is 5.32 Å². The van der Waals surface area contributed by atoms with E-state index in [0.717, 1.165) is 0 Å². The monoisotopic (exact) mass is 268 g/mol. The van der Waals surface area contributed by atoms with Gasteiger partial charge in [-0.05, 0) is 12.1 Å². The van der Waals surface area contributed by atoms with Gasteiger partial charge in [0.25, 0.3) is 0 Å². The molecular formula is C10H9ClN4O3. The van der Waals surface area contributed by atoms with Crippen molar-refractivity contribution in [3.8, 4) is 0 Å². The number of hydrogen-bond acceptors (Lipinski definition) is 6. The van der Waals surface area contributed by atoms with Crippen molar-refractivity contribution in [2.45, 2.75) is 13.5 Å². The highest BCUT2D eigenvalue weighted by molar-refractivity contribution is 6.29. The number of aryl methyl sites for hydroxylation is 1. The van der Waals surface area contributed by atoms with E-state index in [0.29, 0.717) is 17.5 Å². The molecule has 0 aliphatic carbocycles. The lowest BCUT2D eigenvalue weighted by Gasteiger charge is -2.04. The van der Waals surface area contributed by atoms with Gasteiger partial charge in [-0.1, -0.05) is 16.8 Å². The summed E-state index contributed by atoms with van der Waals surface area (Å²) in [5.41, 5.74) is 0.0572. The Morgan fingerprint density at radius 2 is 2.28 bits per heavy atom. The average molecular weight is 269 g/mol. The van der Waals surface area contributed by atoms with Crippen LogP contribution >= 0.6 is 11.6 Å². The molecule has 0 aliphatic rings. The lowest BCUT2D eigenvalue weighted by atomic mass is 10.2. The minimum atomic E-state index is -1.07. The van der Waals surface area contributed by atoms with Gasteiger partial charge in [0.15, 0.2) is 5.82 Å². The number of aromatic nitrogens is 3. The van der Waals surface area contributed by atoms with Gasteiger partial charge in [0.2, 0.25) is 5.89 Å². The Bertz CT molecular complexity index is 584. The predicted molar refractivity (Wildman–Crippen MR) is 62.6 cm³/mol. The first-order valence-corrected chi connectivity index (χ1v) is 5.36. The molecule has 2 N–H and O–H groups in total. The zero-order chi connectivity index (χ0) is 13.1. The number of rotatable bonds is 4. The van der Waals surface area contributed by atoms with E-state index in [1.807, 2.05) is 0 Å². The van der Waals surface area contributed by atoms with Gasteiger partial charge in [-0.3, -0.25) is 0 Å². The summed E-state index contributed by atoms with van der Waals surface area (Å²) in [4.78, 5) is 18.8. The number of carbonyl (C=O) groups is 1. The normalized spacial score (nSPS) is 10.3. The summed E-state index contributed by atoms with van der Waals surface area (Å²) in [7, 11) is 0. The molecule has 0 unspecified atom stereocenters. The van der Waals surface area contributed by atoms with Gasteiger partial charge in [0.05, 0.1) is 12.1 Å². The summed E-state index contributed by atoms with van der Waals surface area (Å²) in [5.74, 6) is 0.170. The van der Waals surface area contributed by atoms with Gasteiger partial charge >= 0.3 is 5.97 Å². The van der Waals surface area contributed by atoms with Crippen molar-refractivity contribution in [3.05, 3.63) is 34.6 Å². The third kappa shape index (κ3) is 2.95. The van der Waals surface area contributed by atoms with Crippen LogP contribution in [-0.2, 0) is 6.54 Å². The van der Waals surface area contributed by atoms with Crippen molar-refractivity contribution in [1.82, 2.24) is 15.1 Å². The molecule has 0 aliphatic heterocycles. The maximum Gasteiger partial charge on any atom is 0.335 e. The standard InChI is InChI=1S/C10H9ClN4O3/c1-5-13-9(15-18-5)4-12-8-3-6(10(16)17)2-7(11)14-8/h2-3H,4H2,1H3,(H,12,14)(H,16,17). The van der Waals surface area contributed by atoms with Crippen LogP contribution in [0.15, 0.2) is 16.7 Å². The Labute approximate surface area is 107 Å². The molecule has 18 heavy (non-hydrogen) atoms. The fourth-order valence-corrected chi connectivity index (χ4v) is 1.50. The first-order chi connectivity index (χ1) is 8.54. The highest BCUT2D eigenvalue weighted by Crippen LogP contribution is 2.15. The van der Waals surface area contributed by atoms with Gasteiger partial charge in [-0.2, -0.15) is 4.98 Å². The summed E-state index contributed by atoms with van der Waals surface area (Å²) in [6.45, 7) is 1.94. The second kappa shape index (κ2) is 5.01. The van der Waals surface area contributed by atoms with Crippen LogP contribution in [-0.4, -0.2) is 26.2 Å². The van der Waals surface area contributed by atoms with E-state index in [2.05, 4.69) is 20.4 Å². The molecule has 94 valence electrons. The summed E-state index contributed by atoms with van der Waals surface area (Å²) < 4.78 is 4.80. The zero-order valence-electron chi connectivity index (χ0n) is 9.35. The zero-order valence-corrected chi connectivity index (χ0v) is 10.1. The average Bonchev–Trinajstić information content (AvgIpc) is 2.72. The summed E-state index contributed by atoms with van der Waals surface area (Å²) in [5, 5.41) is 15.5. The number of pyridine rings is 1. The Morgan fingerprint density at radius 1 is 1.50 bits per heavy atom. The Hall–Kier alpha value is -2.15. The van der Waals surface area contributed by atoms with Crippen LogP contribution in [0, 0.1) is 6.92 Å². The third-order valence-corrected chi connectivity index (χ3v) is 2.23. The number of halogens is 1. The minimum Gasteiger partial charge on any atom is -0.478 e. The minimum absolute atomic E-state index is 0.0572. The smallest absolute Gasteiger partial charge is 0.335 e. The molecule has 0 spiro atoms. The van der Waals surface area contributed by atoms with Crippen LogP contribution in [0.25, 0.3) is 0 Å². The van der Waals surface area contributed by atoms with Gasteiger partial charge in [0, 0.05) is 6.92 Å². The number of carboxylic acids is 1. The van der Waals surface area contributed by atoms with Crippen LogP contribution in [0.2, 0.25) is 5.15 Å². The van der Waals surface area contributed by atoms with Gasteiger partial charge in [-0.15, -0.1) is 0 Å². The van der Waals surface area contributed by atoms with E-state index in [4.69, 9.17) is 21.2 Å². The number of anilines is 1. The number of hydrogen-bond donors (Lipinski definition) is 2. The van der Waals surface area contributed by atoms with Gasteiger partial charge < -0.3 is 14.9 Å². The Morgan fingerprint density at radius 3 is 2.89 bits per heavy atom. The van der Waals surface area contributed by atoms with Gasteiger partial charge in [-0.25, -0.2) is 9.78 Å². The van der Waals surface area contributed by atoms with Crippen molar-refractivity contribution in [2.75, 3.05) is 5.32 Å². The van der Waals surface area contributed by atoms with E-state index in [-0.39, 0.29) is 17.3 Å². The summed E-state index contributed by atoms with van der Waals surface area (Å²) in [6.07, 6.45) is 0. The number of aromatic carboxylic acids is 1. The Kier molecular flexibility index (Phi) is 3.42. The largest absolute Gasteiger partial charge is 0.478 e. The highest BCUT2D eigenvalue weighted by Gasteiger charge is 2.08. The van der Waals surface area contributed by atoms with Crippen molar-refractivity contribution in [2.24, 2.45) is 0 Å². The first kappa shape index (κ1) is 12.3. The fraction of sp³-hybridized carbons (Fsp3) is 0.200. The molecule has 2 aromatic rings. The quantitative estimate of drug-likeness (QED) is 0.814. The maximum absolute atomic E-state index is 10.8. The molecule has 8 heteroatoms. The molecule has 0 saturated heterocycles. The third-order valence-electron chi connectivity index (χ3n) is 2.04. The van der Waals surface area contributed by atoms with Crippen molar-refractivity contribution < 1.29 is 14.4 Å². The predicted octanol–water partition coefficient (Wildman–Crippen LogP) is 1.74. The van der Waals surface area contributed by atoms with Crippen molar-refractivity contribution in [1.29, 1.82) is 0 Å². The highest BCUT2D eigenvalue weighted by atomic mass is 35.5. The molecular weight excluding hydrogens is 260 g/mol. The molecule has 0 amide bonds. The Balaban J connectivity index is 2.11. The molecule has 2 aromatic heterocycles. The molecule has 0 bridgehead atoms. The second-order valence-electron chi connectivity index (χ2n) is 3.45. The van der Waals surface area contributed by atoms with Crippen LogP contribution in [0.5, 0.6) is 0 Å². The topological polar surface area (TPSA) is 101 Å². The van der Waals surface area contributed by atoms with Crippen LogP contribution in [0.1, 0.15) is 22.1 Å². The van der Waals surface area contributed by atoms with E-state index < -0.39 is 5.97 Å². The van der Waals surface area contributed by atoms with Crippen molar-refractivity contribution >= 4 is 23.4 Å². The maximum atomic E-state index is 10.8. The second-order valence-corrected chi connectivity index (χ2v) is 3.84. The number of nitrogens with one attached hydrogen (secondary N) is 1. The molecule has 7 nitrogen and oxygen atoms in total. The summed E-state index contributed by atoms with van der Waals surface area (Å²) >= 11 is 5.72. The van der Waals surface area contributed by atoms with Gasteiger partial charge in [0.1, 0.15) is 11.0 Å². The molecule has 0 saturated carbocycles. The molecule has 2 heterocycles. The first-order valence-electron chi connectivity index (χ1n) is 4.98. The number of carboxylic acid groups (broad SMARTS) is 1. The molecule has 0 fully saturated rings. The summed E-state index contributed by atoms with van der Waals surface area (Å²) in [6, 6.07) is 2.65. The van der Waals surface area contributed by atoms with E-state index in [1.54, 1.807) is 6.92 Å². The molecule has 0 aromatic carbocycles. The SMILES string of the molecule is Cc1nc(CNc2cc(C(=O)O)cc(Cl)n2)no1. The number of nitrogens with zero attached hydrogens (tertiary/aromatic N) is 3. The molecule has 0 radical (unpaired) electrons. The molecule has 0 atom stereocenters. The van der Waals surface area contributed by atoms with E-state index in [9.17, 15) is 4.79 Å². The molecule has 2 rings (SSSR count). The van der Waals surface area contributed by atoms with Crippen LogP contribution in [0.3, 0.4) is 0 Å².